The molecule has 0 saturated heterocycles. The minimum absolute atomic E-state index is 0.106. The first-order valence-electron chi connectivity index (χ1n) is 9.88. The fraction of sp³-hybridized carbons (Fsp3) is 0.824. The zero-order chi connectivity index (χ0) is 21.0. The highest BCUT2D eigenvalue weighted by atomic mass is 31.2. The van der Waals surface area contributed by atoms with Crippen molar-refractivity contribution in [3.05, 3.63) is 11.8 Å². The highest BCUT2D eigenvalue weighted by Crippen LogP contribution is 2.70. The van der Waals surface area contributed by atoms with Crippen molar-refractivity contribution in [3.8, 4) is 0 Å². The third-order valence-electron chi connectivity index (χ3n) is 3.70. The summed E-state index contributed by atoms with van der Waals surface area (Å²) >= 11 is 0. The third kappa shape index (κ3) is 7.29. The monoisotopic (exact) mass is 440 g/mol. The molecule has 0 radical (unpaired) electrons. The van der Waals surface area contributed by atoms with Gasteiger partial charge in [-0.2, -0.15) is 0 Å². The van der Waals surface area contributed by atoms with Crippen molar-refractivity contribution in [2.75, 3.05) is 31.7 Å². The number of nitrogens with zero attached hydrogens (tertiary/aromatic N) is 1. The molecule has 0 amide bonds. The Balaban J connectivity index is 3.19. The maximum atomic E-state index is 13.4. The molecule has 1 rings (SSSR count). The van der Waals surface area contributed by atoms with E-state index in [0.29, 0.717) is 5.76 Å². The molecular weight excluding hydrogens is 406 g/mol. The van der Waals surface area contributed by atoms with E-state index in [1.165, 1.54) is 0 Å². The first kappa shape index (κ1) is 25.3. The molecule has 11 heteroatoms. The van der Waals surface area contributed by atoms with Crippen molar-refractivity contribution >= 4 is 21.0 Å². The van der Waals surface area contributed by atoms with Crippen LogP contribution in [0.15, 0.2) is 10.6 Å². The van der Waals surface area contributed by atoms with Crippen LogP contribution in [0.1, 0.15) is 59.6 Å². The van der Waals surface area contributed by atoms with Crippen molar-refractivity contribution < 1.29 is 31.7 Å². The number of nitrogens with one attached hydrogen (secondary N) is 1. The number of unbranched alkanes of at least 4 members (excludes halogenated alkanes) is 2. The number of hydrogen-bond acceptors (Lipinski definition) is 9. The Morgan fingerprint density at radius 1 is 0.929 bits per heavy atom. The van der Waals surface area contributed by atoms with Crippen LogP contribution in [0.2, 0.25) is 0 Å². The molecule has 0 spiro atoms. The molecule has 1 aromatic heterocycles. The third-order valence-corrected chi connectivity index (χ3v) is 9.32. The summed E-state index contributed by atoms with van der Waals surface area (Å²) in [6.45, 7) is 9.25. The average molecular weight is 440 g/mol. The minimum Gasteiger partial charge on any atom is -0.359 e. The fourth-order valence-electron chi connectivity index (χ4n) is 2.59. The van der Waals surface area contributed by atoms with E-state index in [1.54, 1.807) is 33.8 Å². The van der Waals surface area contributed by atoms with Crippen molar-refractivity contribution in [2.45, 2.75) is 65.8 Å². The van der Waals surface area contributed by atoms with Gasteiger partial charge >= 0.3 is 15.2 Å². The van der Waals surface area contributed by atoms with E-state index in [1.807, 2.05) is 0 Å². The van der Waals surface area contributed by atoms with Gasteiger partial charge in [0.05, 0.1) is 26.4 Å². The zero-order valence-corrected chi connectivity index (χ0v) is 19.3. The van der Waals surface area contributed by atoms with Crippen LogP contribution in [0.5, 0.6) is 0 Å². The fourth-order valence-corrected chi connectivity index (χ4v) is 7.51. The van der Waals surface area contributed by atoms with Gasteiger partial charge in [-0.25, -0.2) is 0 Å². The van der Waals surface area contributed by atoms with E-state index >= 15 is 0 Å². The molecule has 28 heavy (non-hydrogen) atoms. The quantitative estimate of drug-likeness (QED) is 0.258. The Bertz CT molecular complexity index is 603. The Morgan fingerprint density at radius 3 is 1.86 bits per heavy atom. The van der Waals surface area contributed by atoms with Gasteiger partial charge in [0.1, 0.15) is 5.76 Å². The lowest BCUT2D eigenvalue weighted by Crippen LogP contribution is -2.25. The lowest BCUT2D eigenvalue weighted by Gasteiger charge is -2.31. The molecule has 0 unspecified atom stereocenters. The number of aromatic nitrogens is 1. The van der Waals surface area contributed by atoms with Gasteiger partial charge in [-0.1, -0.05) is 24.9 Å². The van der Waals surface area contributed by atoms with Crippen molar-refractivity contribution in [2.24, 2.45) is 0 Å². The summed E-state index contributed by atoms with van der Waals surface area (Å²) in [4.78, 5) is 0. The molecule has 164 valence electrons. The maximum absolute atomic E-state index is 13.4. The Kier molecular flexibility index (Phi) is 11.6. The summed E-state index contributed by atoms with van der Waals surface area (Å²) in [5.74, 6) is 0.954. The molecule has 0 fully saturated rings. The molecule has 0 atom stereocenters. The molecule has 1 N–H and O–H groups in total. The van der Waals surface area contributed by atoms with Crippen LogP contribution in [0, 0.1) is 0 Å². The van der Waals surface area contributed by atoms with E-state index in [2.05, 4.69) is 17.4 Å². The summed E-state index contributed by atoms with van der Waals surface area (Å²) < 4.78 is 53.8. The standard InChI is InChI=1S/C17H34N2O7P2/c1-6-11-12-13-15-14-16(19-26-15)18-17(27(20,22-7-2)23-8-3)28(21,24-9-4)25-10-5/h14,17H,6-13H2,1-5H3,(H,18,19). The largest absolute Gasteiger partial charge is 0.365 e. The van der Waals surface area contributed by atoms with Crippen LogP contribution < -0.4 is 5.32 Å². The minimum atomic E-state index is -3.90. The molecular formula is C17H34N2O7P2. The van der Waals surface area contributed by atoms with Crippen molar-refractivity contribution in [3.63, 3.8) is 0 Å². The Hall–Kier alpha value is -0.690. The van der Waals surface area contributed by atoms with Crippen molar-refractivity contribution in [1.29, 1.82) is 0 Å². The number of aryl methyl sites for hydroxylation is 1. The van der Waals surface area contributed by atoms with Gasteiger partial charge in [-0.15, -0.1) is 0 Å². The number of anilines is 1. The van der Waals surface area contributed by atoms with Crippen LogP contribution in [-0.4, -0.2) is 37.1 Å². The molecule has 0 bridgehead atoms. The second-order valence-electron chi connectivity index (χ2n) is 5.90. The molecule has 9 nitrogen and oxygen atoms in total. The molecule has 0 aliphatic rings. The lowest BCUT2D eigenvalue weighted by molar-refractivity contribution is 0.198. The first-order chi connectivity index (χ1) is 13.4. The van der Waals surface area contributed by atoms with Gasteiger partial charge in [0.15, 0.2) is 5.82 Å². The Labute approximate surface area is 167 Å². The van der Waals surface area contributed by atoms with Crippen LogP contribution in [0.25, 0.3) is 0 Å². The molecule has 0 aromatic carbocycles. The second-order valence-corrected chi connectivity index (χ2v) is 10.5. The molecule has 0 saturated carbocycles. The summed E-state index contributed by atoms with van der Waals surface area (Å²) in [5.41, 5.74) is -1.37. The number of rotatable bonds is 16. The highest BCUT2D eigenvalue weighted by Gasteiger charge is 2.51. The van der Waals surface area contributed by atoms with E-state index in [9.17, 15) is 9.13 Å². The van der Waals surface area contributed by atoms with Gasteiger partial charge in [0, 0.05) is 12.5 Å². The van der Waals surface area contributed by atoms with Crippen LogP contribution in [-0.2, 0) is 33.6 Å². The van der Waals surface area contributed by atoms with Gasteiger partial charge in [0.25, 0.3) is 0 Å². The van der Waals surface area contributed by atoms with Gasteiger partial charge in [0.2, 0.25) is 5.52 Å². The summed E-state index contributed by atoms with van der Waals surface area (Å²) in [7, 11) is -7.80. The number of hydrogen-bond donors (Lipinski definition) is 1. The smallest absolute Gasteiger partial charge is 0.359 e. The van der Waals surface area contributed by atoms with E-state index in [-0.39, 0.29) is 32.2 Å². The second kappa shape index (κ2) is 12.8. The zero-order valence-electron chi connectivity index (χ0n) is 17.5. The van der Waals surface area contributed by atoms with E-state index in [0.717, 1.165) is 25.7 Å². The Morgan fingerprint density at radius 2 is 1.43 bits per heavy atom. The SMILES string of the molecule is CCCCCc1cc(NC(P(=O)(OCC)OCC)P(=O)(OCC)OCC)no1. The lowest BCUT2D eigenvalue weighted by atomic mass is 10.2. The van der Waals surface area contributed by atoms with E-state index in [4.69, 9.17) is 22.6 Å². The molecule has 1 aromatic rings. The predicted molar refractivity (Wildman–Crippen MR) is 109 cm³/mol. The van der Waals surface area contributed by atoms with Crippen LogP contribution in [0.3, 0.4) is 0 Å². The molecule has 1 heterocycles. The molecule has 0 aliphatic carbocycles. The maximum Gasteiger partial charge on any atom is 0.365 e. The molecule has 0 aliphatic heterocycles. The van der Waals surface area contributed by atoms with Gasteiger partial charge in [-0.3, -0.25) is 9.13 Å². The normalized spacial score (nSPS) is 12.6. The van der Waals surface area contributed by atoms with Crippen LogP contribution in [0.4, 0.5) is 5.82 Å². The highest BCUT2D eigenvalue weighted by molar-refractivity contribution is 7.72. The van der Waals surface area contributed by atoms with Gasteiger partial charge in [-0.05, 0) is 34.1 Å². The van der Waals surface area contributed by atoms with Crippen LogP contribution >= 0.6 is 15.2 Å². The predicted octanol–water partition coefficient (Wildman–Crippen LogP) is 5.64. The van der Waals surface area contributed by atoms with Crippen molar-refractivity contribution in [1.82, 2.24) is 5.16 Å². The van der Waals surface area contributed by atoms with Gasteiger partial charge < -0.3 is 27.9 Å². The first-order valence-corrected chi connectivity index (χ1v) is 13.1. The summed E-state index contributed by atoms with van der Waals surface area (Å²) in [5, 5.41) is 6.83. The van der Waals surface area contributed by atoms with E-state index < -0.39 is 20.7 Å². The summed E-state index contributed by atoms with van der Waals surface area (Å²) in [6.07, 6.45) is 3.89. The summed E-state index contributed by atoms with van der Waals surface area (Å²) in [6, 6.07) is 1.69. The topological polar surface area (TPSA) is 109 Å². The average Bonchev–Trinajstić information content (AvgIpc) is 3.08.